The molecule has 28 heavy (non-hydrogen) atoms. The number of anilines is 1. The van der Waals surface area contributed by atoms with Crippen LogP contribution in [0, 0.1) is 11.3 Å². The second-order valence-electron chi connectivity index (χ2n) is 6.76. The number of primary sulfonamides is 1. The van der Waals surface area contributed by atoms with Gasteiger partial charge in [0.25, 0.3) is 0 Å². The number of piperidine rings is 1. The molecule has 0 unspecified atom stereocenters. The van der Waals surface area contributed by atoms with E-state index in [-0.39, 0.29) is 4.90 Å². The molecule has 0 saturated carbocycles. The van der Waals surface area contributed by atoms with E-state index in [0.717, 1.165) is 46.8 Å². The summed E-state index contributed by atoms with van der Waals surface area (Å²) < 4.78 is 24.2. The molecule has 4 rings (SSSR count). The van der Waals surface area contributed by atoms with E-state index in [2.05, 4.69) is 11.0 Å². The Kier molecular flexibility index (Phi) is 5.02. The highest BCUT2D eigenvalue weighted by atomic mass is 35.5. The number of nitrogens with two attached hydrogens (primary N) is 1. The lowest BCUT2D eigenvalue weighted by atomic mass is 9.96. The lowest BCUT2D eigenvalue weighted by Crippen LogP contribution is -2.33. The van der Waals surface area contributed by atoms with Gasteiger partial charge in [-0.05, 0) is 49.2 Å². The molecule has 2 aromatic carbocycles. The molecule has 1 fully saturated rings. The summed E-state index contributed by atoms with van der Waals surface area (Å²) in [7, 11) is -3.83. The molecule has 0 spiro atoms. The van der Waals surface area contributed by atoms with E-state index in [1.165, 1.54) is 12.1 Å². The molecule has 2 N–H and O–H groups in total. The van der Waals surface area contributed by atoms with Gasteiger partial charge in [-0.1, -0.05) is 11.6 Å². The minimum absolute atomic E-state index is 0.0455. The Morgan fingerprint density at radius 2 is 1.96 bits per heavy atom. The molecule has 6 nitrogen and oxygen atoms in total. The van der Waals surface area contributed by atoms with E-state index < -0.39 is 10.0 Å². The van der Waals surface area contributed by atoms with Crippen molar-refractivity contribution in [2.45, 2.75) is 23.7 Å². The Balaban J connectivity index is 1.53. The van der Waals surface area contributed by atoms with Crippen LogP contribution in [0.4, 0.5) is 5.69 Å². The maximum Gasteiger partial charge on any atom is 0.238 e. The van der Waals surface area contributed by atoms with Gasteiger partial charge in [-0.15, -0.1) is 11.3 Å². The number of halogens is 1. The zero-order valence-corrected chi connectivity index (χ0v) is 17.2. The fraction of sp³-hybridized carbons (Fsp3) is 0.263. The van der Waals surface area contributed by atoms with Crippen molar-refractivity contribution in [2.24, 2.45) is 5.14 Å². The Labute approximate surface area is 172 Å². The molecule has 3 aromatic rings. The lowest BCUT2D eigenvalue weighted by molar-refractivity contribution is 0.504. The number of nitrogens with zero attached hydrogens (tertiary/aromatic N) is 3. The third kappa shape index (κ3) is 3.71. The highest BCUT2D eigenvalue weighted by Crippen LogP contribution is 2.36. The van der Waals surface area contributed by atoms with E-state index in [4.69, 9.17) is 21.7 Å². The Morgan fingerprint density at radius 3 is 2.64 bits per heavy atom. The van der Waals surface area contributed by atoms with Crippen LogP contribution in [0.1, 0.15) is 29.3 Å². The van der Waals surface area contributed by atoms with Crippen molar-refractivity contribution in [3.63, 3.8) is 0 Å². The van der Waals surface area contributed by atoms with Gasteiger partial charge >= 0.3 is 0 Å². The van der Waals surface area contributed by atoms with Crippen LogP contribution >= 0.6 is 22.9 Å². The maximum absolute atomic E-state index is 11.5. The van der Waals surface area contributed by atoms with Crippen molar-refractivity contribution in [1.82, 2.24) is 4.98 Å². The molecule has 9 heteroatoms. The topological polar surface area (TPSA) is 100 Å². The molecule has 0 radical (unpaired) electrons. The summed E-state index contributed by atoms with van der Waals surface area (Å²) in [4.78, 5) is 6.82. The first-order valence-corrected chi connectivity index (χ1v) is 11.5. The number of hydrogen-bond donors (Lipinski definition) is 1. The summed E-state index contributed by atoms with van der Waals surface area (Å²) in [6.07, 6.45) is 1.82. The van der Waals surface area contributed by atoms with Crippen molar-refractivity contribution in [1.29, 1.82) is 5.26 Å². The highest BCUT2D eigenvalue weighted by molar-refractivity contribution is 7.89. The third-order valence-corrected chi connectivity index (χ3v) is 7.31. The van der Waals surface area contributed by atoms with Crippen LogP contribution < -0.4 is 10.0 Å². The number of aromatic nitrogens is 1. The summed E-state index contributed by atoms with van der Waals surface area (Å²) in [6, 6.07) is 12.3. The third-order valence-electron chi connectivity index (χ3n) is 4.97. The van der Waals surface area contributed by atoms with Gasteiger partial charge in [0.2, 0.25) is 10.0 Å². The Hall–Kier alpha value is -2.18. The average Bonchev–Trinajstić information content (AvgIpc) is 3.10. The van der Waals surface area contributed by atoms with Crippen molar-refractivity contribution >= 4 is 48.9 Å². The SMILES string of the molecule is N#Cc1cc(S(N)(=O)=O)ccc1N1CCC(c2nc3cc(Cl)ccc3s2)CC1. The van der Waals surface area contributed by atoms with Crippen molar-refractivity contribution < 1.29 is 8.42 Å². The van der Waals surface area contributed by atoms with E-state index >= 15 is 0 Å². The number of hydrogen-bond acceptors (Lipinski definition) is 6. The van der Waals surface area contributed by atoms with Gasteiger partial charge in [0.15, 0.2) is 0 Å². The number of nitriles is 1. The first-order chi connectivity index (χ1) is 13.3. The van der Waals surface area contributed by atoms with E-state index in [0.29, 0.717) is 16.5 Å². The molecular formula is C19H17ClN4O2S2. The van der Waals surface area contributed by atoms with Crippen molar-refractivity contribution in [2.75, 3.05) is 18.0 Å². The number of rotatable bonds is 3. The van der Waals surface area contributed by atoms with E-state index in [9.17, 15) is 13.7 Å². The van der Waals surface area contributed by atoms with Gasteiger partial charge in [0.1, 0.15) is 6.07 Å². The minimum atomic E-state index is -3.83. The van der Waals surface area contributed by atoms with Gasteiger partial charge in [0.05, 0.1) is 31.4 Å². The molecule has 0 atom stereocenters. The van der Waals surface area contributed by atoms with Crippen molar-refractivity contribution in [3.8, 4) is 6.07 Å². The molecule has 1 aromatic heterocycles. The summed E-state index contributed by atoms with van der Waals surface area (Å²) in [5, 5.41) is 16.4. The first-order valence-electron chi connectivity index (χ1n) is 8.73. The van der Waals surface area contributed by atoms with Gasteiger partial charge < -0.3 is 4.90 Å². The summed E-state index contributed by atoms with van der Waals surface area (Å²) in [6.45, 7) is 1.54. The maximum atomic E-state index is 11.5. The molecule has 1 aliphatic heterocycles. The van der Waals surface area contributed by atoms with Crippen LogP contribution in [0.15, 0.2) is 41.3 Å². The fourth-order valence-corrected chi connectivity index (χ4v) is 5.34. The number of benzene rings is 2. The minimum Gasteiger partial charge on any atom is -0.370 e. The standard InChI is InChI=1S/C19H17ClN4O2S2/c20-14-1-4-18-16(10-14)23-19(27-18)12-5-7-24(8-6-12)17-3-2-15(28(22,25)26)9-13(17)11-21/h1-4,9-10,12H,5-8H2,(H2,22,25,26). The predicted molar refractivity (Wildman–Crippen MR) is 111 cm³/mol. The highest BCUT2D eigenvalue weighted by Gasteiger charge is 2.25. The van der Waals surface area contributed by atoms with Gasteiger partial charge in [-0.3, -0.25) is 0 Å². The lowest BCUT2D eigenvalue weighted by Gasteiger charge is -2.33. The first kappa shape index (κ1) is 19.2. The average molecular weight is 433 g/mol. The van der Waals surface area contributed by atoms with Gasteiger partial charge in [-0.25, -0.2) is 18.5 Å². The molecule has 144 valence electrons. The zero-order valence-electron chi connectivity index (χ0n) is 14.8. The van der Waals surface area contributed by atoms with Crippen LogP contribution in [-0.2, 0) is 10.0 Å². The molecular weight excluding hydrogens is 416 g/mol. The summed E-state index contributed by atoms with van der Waals surface area (Å²) in [5.41, 5.74) is 1.99. The molecule has 0 aliphatic carbocycles. The second-order valence-corrected chi connectivity index (χ2v) is 9.82. The van der Waals surface area contributed by atoms with Crippen LogP contribution in [0.3, 0.4) is 0 Å². The Bertz CT molecular complexity index is 1190. The monoisotopic (exact) mass is 432 g/mol. The molecule has 1 aliphatic rings. The quantitative estimate of drug-likeness (QED) is 0.677. The predicted octanol–water partition coefficient (Wildman–Crippen LogP) is 3.85. The zero-order chi connectivity index (χ0) is 19.9. The van der Waals surface area contributed by atoms with Crippen molar-refractivity contribution in [3.05, 3.63) is 52.0 Å². The molecule has 0 bridgehead atoms. The Morgan fingerprint density at radius 1 is 1.21 bits per heavy atom. The largest absolute Gasteiger partial charge is 0.370 e. The normalized spacial score (nSPS) is 15.7. The van der Waals surface area contributed by atoms with Gasteiger partial charge in [-0.2, -0.15) is 5.26 Å². The molecule has 2 heterocycles. The van der Waals surface area contributed by atoms with E-state index in [1.807, 2.05) is 18.2 Å². The molecule has 0 amide bonds. The fourth-order valence-electron chi connectivity index (χ4n) is 3.52. The van der Waals surface area contributed by atoms with Crippen LogP contribution in [-0.4, -0.2) is 26.5 Å². The van der Waals surface area contributed by atoms with Crippen LogP contribution in [0.5, 0.6) is 0 Å². The number of fused-ring (bicyclic) bond motifs is 1. The smallest absolute Gasteiger partial charge is 0.238 e. The van der Waals surface area contributed by atoms with Crippen LogP contribution in [0.25, 0.3) is 10.2 Å². The molecule has 1 saturated heterocycles. The summed E-state index contributed by atoms with van der Waals surface area (Å²) >= 11 is 7.76. The number of sulfonamides is 1. The van der Waals surface area contributed by atoms with Gasteiger partial charge in [0, 0.05) is 24.0 Å². The van der Waals surface area contributed by atoms with E-state index in [1.54, 1.807) is 17.4 Å². The number of thiazole rings is 1. The summed E-state index contributed by atoms with van der Waals surface area (Å²) in [5.74, 6) is 0.363. The van der Waals surface area contributed by atoms with Crippen LogP contribution in [0.2, 0.25) is 5.02 Å². The second kappa shape index (κ2) is 7.33.